The average molecular weight is 268 g/mol. The van der Waals surface area contributed by atoms with Gasteiger partial charge in [-0.15, -0.1) is 0 Å². The second-order valence-corrected chi connectivity index (χ2v) is 4.40. The van der Waals surface area contributed by atoms with E-state index in [2.05, 4.69) is 0 Å². The Morgan fingerprint density at radius 2 is 1.62 bits per heavy atom. The van der Waals surface area contributed by atoms with Crippen molar-refractivity contribution in [2.75, 3.05) is 0 Å². The molecule has 16 heavy (non-hydrogen) atoms. The Labute approximate surface area is 88.7 Å². The molecule has 1 aliphatic carbocycles. The molecule has 0 saturated heterocycles. The second-order valence-electron chi connectivity index (χ2n) is 2.99. The Balaban J connectivity index is 0.000000281. The maximum Gasteiger partial charge on any atom is 0.522 e. The van der Waals surface area contributed by atoms with E-state index in [1.54, 1.807) is 12.2 Å². The van der Waals surface area contributed by atoms with Crippen molar-refractivity contribution in [3.05, 3.63) is 12.2 Å². The maximum atomic E-state index is 12.2. The molecule has 1 aliphatic rings. The molecule has 0 aliphatic heterocycles. The predicted molar refractivity (Wildman–Crippen MR) is 45.5 cm³/mol. The van der Waals surface area contributed by atoms with Crippen LogP contribution in [0, 0.1) is 0 Å². The molecule has 0 amide bonds. The first-order chi connectivity index (χ1) is 6.96. The summed E-state index contributed by atoms with van der Waals surface area (Å²) in [4.78, 5) is 0. The Morgan fingerprint density at radius 3 is 1.75 bits per heavy atom. The summed E-state index contributed by atoms with van der Waals surface area (Å²) in [5.74, 6) is -2.41. The molecule has 0 bridgehead atoms. The highest BCUT2D eigenvalue weighted by Gasteiger charge is 2.44. The van der Waals surface area contributed by atoms with Crippen LogP contribution in [0.1, 0.15) is 19.3 Å². The lowest BCUT2D eigenvalue weighted by molar-refractivity contribution is -0.0510. The van der Waals surface area contributed by atoms with E-state index in [0.717, 1.165) is 0 Å². The van der Waals surface area contributed by atoms with E-state index in [9.17, 15) is 22.0 Å². The van der Waals surface area contributed by atoms with Crippen molar-refractivity contribution in [1.82, 2.24) is 0 Å². The summed E-state index contributed by atoms with van der Waals surface area (Å²) in [6, 6.07) is 0. The summed E-state index contributed by atoms with van der Waals surface area (Å²) < 4.78 is 81.8. The van der Waals surface area contributed by atoms with Crippen LogP contribution in [0.5, 0.6) is 0 Å². The zero-order valence-electron chi connectivity index (χ0n) is 7.84. The molecule has 1 rings (SSSR count). The summed E-state index contributed by atoms with van der Waals surface area (Å²) in [6.45, 7) is 0. The molecule has 1 N–H and O–H groups in total. The van der Waals surface area contributed by atoms with Gasteiger partial charge in [0.25, 0.3) is 5.92 Å². The van der Waals surface area contributed by atoms with Gasteiger partial charge in [-0.05, 0) is 6.42 Å². The van der Waals surface area contributed by atoms with Crippen LogP contribution in [0.2, 0.25) is 0 Å². The summed E-state index contributed by atoms with van der Waals surface area (Å²) >= 11 is 0. The van der Waals surface area contributed by atoms with Crippen molar-refractivity contribution in [1.29, 1.82) is 0 Å². The number of allylic oxidation sites excluding steroid dienone is 2. The minimum absolute atomic E-state index is 0.0312. The molecule has 0 aromatic carbocycles. The molecule has 0 spiro atoms. The normalized spacial score (nSPS) is 19.9. The SMILES string of the molecule is FC1(F)CC=CCC1.O=S(=O)(O)C(F)(F)F. The third-order valence-electron chi connectivity index (χ3n) is 1.55. The topological polar surface area (TPSA) is 54.4 Å². The van der Waals surface area contributed by atoms with Gasteiger partial charge in [0, 0.05) is 12.8 Å². The van der Waals surface area contributed by atoms with E-state index in [1.165, 1.54) is 0 Å². The molecule has 0 aromatic rings. The third-order valence-corrected chi connectivity index (χ3v) is 2.14. The number of rotatable bonds is 0. The molecule has 0 atom stereocenters. The third kappa shape index (κ3) is 6.01. The second kappa shape index (κ2) is 5.09. The highest BCUT2D eigenvalue weighted by molar-refractivity contribution is 7.86. The van der Waals surface area contributed by atoms with Crippen LogP contribution in [-0.4, -0.2) is 24.4 Å². The molecular weight excluding hydrogens is 259 g/mol. The van der Waals surface area contributed by atoms with Crippen molar-refractivity contribution < 1.29 is 34.9 Å². The van der Waals surface area contributed by atoms with Crippen LogP contribution in [-0.2, 0) is 10.1 Å². The maximum absolute atomic E-state index is 12.2. The van der Waals surface area contributed by atoms with Gasteiger partial charge in [-0.2, -0.15) is 21.6 Å². The van der Waals surface area contributed by atoms with E-state index >= 15 is 0 Å². The zero-order valence-corrected chi connectivity index (χ0v) is 8.65. The van der Waals surface area contributed by atoms with Crippen molar-refractivity contribution in [3.63, 3.8) is 0 Å². The fraction of sp³-hybridized carbons (Fsp3) is 0.714. The minimum atomic E-state index is -5.84. The van der Waals surface area contributed by atoms with Crippen LogP contribution < -0.4 is 0 Å². The fourth-order valence-corrected chi connectivity index (χ4v) is 0.770. The van der Waals surface area contributed by atoms with Crippen molar-refractivity contribution in [2.45, 2.75) is 30.7 Å². The average Bonchev–Trinajstić information content (AvgIpc) is 2.00. The van der Waals surface area contributed by atoms with Crippen LogP contribution in [0.4, 0.5) is 22.0 Å². The van der Waals surface area contributed by atoms with E-state index in [-0.39, 0.29) is 12.8 Å². The van der Waals surface area contributed by atoms with Gasteiger partial charge in [0.15, 0.2) is 0 Å². The van der Waals surface area contributed by atoms with Crippen LogP contribution in [0.3, 0.4) is 0 Å². The van der Waals surface area contributed by atoms with Gasteiger partial charge in [-0.3, -0.25) is 4.55 Å². The van der Waals surface area contributed by atoms with Crippen molar-refractivity contribution in [2.24, 2.45) is 0 Å². The molecule has 9 heteroatoms. The fourth-order valence-electron chi connectivity index (χ4n) is 0.770. The largest absolute Gasteiger partial charge is 0.522 e. The Morgan fingerprint density at radius 1 is 1.19 bits per heavy atom. The van der Waals surface area contributed by atoms with Gasteiger partial charge in [0.05, 0.1) is 0 Å². The van der Waals surface area contributed by atoms with Crippen LogP contribution >= 0.6 is 0 Å². The summed E-state index contributed by atoms with van der Waals surface area (Å²) in [5.41, 5.74) is -5.53. The molecule has 0 fully saturated rings. The van der Waals surface area contributed by atoms with Gasteiger partial charge in [0.2, 0.25) is 0 Å². The molecule has 0 heterocycles. The van der Waals surface area contributed by atoms with E-state index < -0.39 is 21.5 Å². The quantitative estimate of drug-likeness (QED) is 0.318. The van der Waals surface area contributed by atoms with E-state index in [1.807, 2.05) is 0 Å². The zero-order chi connectivity index (χ0) is 13.0. The van der Waals surface area contributed by atoms with Gasteiger partial charge < -0.3 is 0 Å². The molecule has 0 unspecified atom stereocenters. The first kappa shape index (κ1) is 15.3. The number of alkyl halides is 5. The highest BCUT2D eigenvalue weighted by Crippen LogP contribution is 2.28. The molecule has 0 radical (unpaired) electrons. The summed E-state index contributed by atoms with van der Waals surface area (Å²) in [5, 5.41) is 0. The van der Waals surface area contributed by atoms with Crippen molar-refractivity contribution in [3.8, 4) is 0 Å². The number of hydrogen-bond acceptors (Lipinski definition) is 2. The van der Waals surface area contributed by atoms with Crippen LogP contribution in [0.25, 0.3) is 0 Å². The lowest BCUT2D eigenvalue weighted by Crippen LogP contribution is -2.21. The van der Waals surface area contributed by atoms with E-state index in [0.29, 0.717) is 6.42 Å². The monoisotopic (exact) mass is 268 g/mol. The van der Waals surface area contributed by atoms with Gasteiger partial charge >= 0.3 is 15.6 Å². The molecule has 0 aromatic heterocycles. The minimum Gasteiger partial charge on any atom is -0.279 e. The van der Waals surface area contributed by atoms with Gasteiger partial charge in [-0.25, -0.2) is 8.78 Å². The first-order valence-corrected chi connectivity index (χ1v) is 5.46. The molecular formula is C7H9F5O3S. The van der Waals surface area contributed by atoms with E-state index in [4.69, 9.17) is 13.0 Å². The smallest absolute Gasteiger partial charge is 0.279 e. The summed E-state index contributed by atoms with van der Waals surface area (Å²) in [7, 11) is -5.84. The van der Waals surface area contributed by atoms with Gasteiger partial charge in [-0.1, -0.05) is 12.2 Å². The lowest BCUT2D eigenvalue weighted by atomic mass is 10.0. The molecule has 0 saturated carbocycles. The first-order valence-electron chi connectivity index (χ1n) is 4.02. The highest BCUT2D eigenvalue weighted by atomic mass is 32.2. The lowest BCUT2D eigenvalue weighted by Gasteiger charge is -2.15. The Bertz CT molecular complexity index is 344. The predicted octanol–water partition coefficient (Wildman–Crippen LogP) is 2.76. The van der Waals surface area contributed by atoms with Crippen LogP contribution in [0.15, 0.2) is 12.2 Å². The number of hydrogen-bond donors (Lipinski definition) is 1. The van der Waals surface area contributed by atoms with Crippen molar-refractivity contribution >= 4 is 10.1 Å². The number of halogens is 5. The molecule has 96 valence electrons. The van der Waals surface area contributed by atoms with Gasteiger partial charge in [0.1, 0.15) is 0 Å². The summed E-state index contributed by atoms with van der Waals surface area (Å²) in [6.07, 6.45) is 3.85. The standard InChI is InChI=1S/C6H8F2.CHF3O3S/c7-6(8)4-2-1-3-5-6;2-1(3,4)8(5,6)7/h1-2H,3-5H2;(H,5,6,7). The molecule has 3 nitrogen and oxygen atoms in total. The Hall–Kier alpha value is -0.700. The Kier molecular flexibility index (Phi) is 4.86.